The van der Waals surface area contributed by atoms with Gasteiger partial charge >= 0.3 is 0 Å². The molecule has 1 aromatic rings. The molecule has 1 rings (SSSR count). The number of hydrogen-bond acceptors (Lipinski definition) is 2. The van der Waals surface area contributed by atoms with E-state index < -0.39 is 0 Å². The molecular weight excluding hydrogens is 172 g/mol. The van der Waals surface area contributed by atoms with Gasteiger partial charge in [-0.25, -0.2) is 0 Å². The third kappa shape index (κ3) is 3.82. The predicted molar refractivity (Wildman–Crippen MR) is 55.6 cm³/mol. The molecule has 0 aliphatic carbocycles. The Hall–Kier alpha value is 0.0500. The van der Waals surface area contributed by atoms with Gasteiger partial charge in [-0.2, -0.15) is 11.8 Å². The SMILES string of the molecule is CCCSCCc1cccs1. The van der Waals surface area contributed by atoms with E-state index in [9.17, 15) is 0 Å². The molecule has 1 aromatic heterocycles. The summed E-state index contributed by atoms with van der Waals surface area (Å²) in [4.78, 5) is 1.52. The first-order valence-electron chi connectivity index (χ1n) is 4.03. The molecule has 0 N–H and O–H groups in total. The molecule has 0 atom stereocenters. The summed E-state index contributed by atoms with van der Waals surface area (Å²) in [5, 5.41) is 2.15. The van der Waals surface area contributed by atoms with E-state index in [0.717, 1.165) is 0 Å². The maximum Gasteiger partial charge on any atom is 0.00534 e. The first kappa shape index (κ1) is 9.14. The van der Waals surface area contributed by atoms with Crippen LogP contribution in [0.25, 0.3) is 0 Å². The minimum atomic E-state index is 1.25. The second-order valence-electron chi connectivity index (χ2n) is 2.44. The van der Waals surface area contributed by atoms with Crippen LogP contribution in [0.15, 0.2) is 17.5 Å². The summed E-state index contributed by atoms with van der Waals surface area (Å²) >= 11 is 3.93. The molecule has 0 unspecified atom stereocenters. The number of aryl methyl sites for hydroxylation is 1. The largest absolute Gasteiger partial charge is 0.162 e. The Morgan fingerprint density at radius 2 is 2.36 bits per heavy atom. The second kappa shape index (κ2) is 5.67. The van der Waals surface area contributed by atoms with Crippen LogP contribution < -0.4 is 0 Å². The lowest BCUT2D eigenvalue weighted by molar-refractivity contribution is 1.10. The quantitative estimate of drug-likeness (QED) is 0.635. The topological polar surface area (TPSA) is 0 Å². The van der Waals surface area contributed by atoms with Gasteiger partial charge in [-0.3, -0.25) is 0 Å². The van der Waals surface area contributed by atoms with Gasteiger partial charge in [0.2, 0.25) is 0 Å². The van der Waals surface area contributed by atoms with E-state index in [-0.39, 0.29) is 0 Å². The molecule has 0 radical (unpaired) electrons. The van der Waals surface area contributed by atoms with Crippen molar-refractivity contribution in [1.82, 2.24) is 0 Å². The maximum atomic E-state index is 2.23. The third-order valence-corrected chi connectivity index (χ3v) is 3.55. The molecule has 62 valence electrons. The highest BCUT2D eigenvalue weighted by Crippen LogP contribution is 2.12. The zero-order valence-electron chi connectivity index (χ0n) is 6.88. The average Bonchev–Trinajstić information content (AvgIpc) is 2.50. The summed E-state index contributed by atoms with van der Waals surface area (Å²) in [6.45, 7) is 2.23. The average molecular weight is 186 g/mol. The van der Waals surface area contributed by atoms with Gasteiger partial charge in [-0.15, -0.1) is 11.3 Å². The van der Waals surface area contributed by atoms with Crippen LogP contribution >= 0.6 is 23.1 Å². The first-order valence-corrected chi connectivity index (χ1v) is 6.07. The molecule has 0 aliphatic rings. The fourth-order valence-corrected chi connectivity index (χ4v) is 2.57. The smallest absolute Gasteiger partial charge is 0.00534 e. The molecule has 0 bridgehead atoms. The van der Waals surface area contributed by atoms with Crippen LogP contribution in [-0.2, 0) is 6.42 Å². The minimum Gasteiger partial charge on any atom is -0.162 e. The molecule has 0 aliphatic heterocycles. The van der Waals surface area contributed by atoms with Crippen LogP contribution in [0.5, 0.6) is 0 Å². The van der Waals surface area contributed by atoms with Crippen molar-refractivity contribution in [2.45, 2.75) is 19.8 Å². The molecule has 0 nitrogen and oxygen atoms in total. The van der Waals surface area contributed by atoms with Crippen LogP contribution in [0.4, 0.5) is 0 Å². The van der Waals surface area contributed by atoms with Gasteiger partial charge in [-0.05, 0) is 35.8 Å². The zero-order chi connectivity index (χ0) is 7.94. The second-order valence-corrected chi connectivity index (χ2v) is 4.70. The van der Waals surface area contributed by atoms with E-state index in [1.807, 2.05) is 11.3 Å². The van der Waals surface area contributed by atoms with E-state index in [1.54, 1.807) is 0 Å². The molecule has 0 saturated heterocycles. The Labute approximate surface area is 77.0 Å². The fraction of sp³-hybridized carbons (Fsp3) is 0.556. The standard InChI is InChI=1S/C9H14S2/c1-2-6-10-8-5-9-4-3-7-11-9/h3-4,7H,2,5-6,8H2,1H3. The highest BCUT2D eigenvalue weighted by Gasteiger charge is 1.92. The van der Waals surface area contributed by atoms with E-state index in [1.165, 1.54) is 29.2 Å². The summed E-state index contributed by atoms with van der Waals surface area (Å²) in [5.74, 6) is 2.60. The van der Waals surface area contributed by atoms with E-state index in [4.69, 9.17) is 0 Å². The van der Waals surface area contributed by atoms with Gasteiger partial charge in [0.05, 0.1) is 0 Å². The Morgan fingerprint density at radius 1 is 1.45 bits per heavy atom. The summed E-state index contributed by atoms with van der Waals surface area (Å²) in [5.41, 5.74) is 0. The molecule has 0 aromatic carbocycles. The monoisotopic (exact) mass is 186 g/mol. The van der Waals surface area contributed by atoms with Gasteiger partial charge in [0.1, 0.15) is 0 Å². The maximum absolute atomic E-state index is 2.23. The van der Waals surface area contributed by atoms with E-state index in [2.05, 4.69) is 36.2 Å². The van der Waals surface area contributed by atoms with Crippen molar-refractivity contribution in [2.24, 2.45) is 0 Å². The van der Waals surface area contributed by atoms with Crippen molar-refractivity contribution in [1.29, 1.82) is 0 Å². The lowest BCUT2D eigenvalue weighted by Gasteiger charge is -1.96. The van der Waals surface area contributed by atoms with Crippen molar-refractivity contribution in [3.63, 3.8) is 0 Å². The van der Waals surface area contributed by atoms with Gasteiger partial charge in [-0.1, -0.05) is 13.0 Å². The predicted octanol–water partition coefficient (Wildman–Crippen LogP) is 3.43. The lowest BCUT2D eigenvalue weighted by Crippen LogP contribution is -1.85. The molecule has 2 heteroatoms. The van der Waals surface area contributed by atoms with Crippen molar-refractivity contribution < 1.29 is 0 Å². The number of hydrogen-bond donors (Lipinski definition) is 0. The first-order chi connectivity index (χ1) is 5.43. The van der Waals surface area contributed by atoms with Crippen LogP contribution in [0.2, 0.25) is 0 Å². The summed E-state index contributed by atoms with van der Waals surface area (Å²) in [6.07, 6.45) is 2.55. The number of thiophene rings is 1. The highest BCUT2D eigenvalue weighted by molar-refractivity contribution is 7.99. The number of rotatable bonds is 5. The third-order valence-electron chi connectivity index (χ3n) is 1.42. The molecule has 0 amide bonds. The van der Waals surface area contributed by atoms with Crippen molar-refractivity contribution in [3.05, 3.63) is 22.4 Å². The molecule has 0 spiro atoms. The van der Waals surface area contributed by atoms with Gasteiger partial charge in [0, 0.05) is 4.88 Å². The molecule has 0 fully saturated rings. The molecular formula is C9H14S2. The van der Waals surface area contributed by atoms with Crippen molar-refractivity contribution in [2.75, 3.05) is 11.5 Å². The summed E-state index contributed by atoms with van der Waals surface area (Å²) in [6, 6.07) is 4.35. The Bertz CT molecular complexity index is 168. The minimum absolute atomic E-state index is 1.25. The fourth-order valence-electron chi connectivity index (χ4n) is 0.874. The highest BCUT2D eigenvalue weighted by atomic mass is 32.2. The van der Waals surface area contributed by atoms with Crippen LogP contribution in [0.3, 0.4) is 0 Å². The summed E-state index contributed by atoms with van der Waals surface area (Å²) in [7, 11) is 0. The molecule has 0 saturated carbocycles. The Morgan fingerprint density at radius 3 is 3.00 bits per heavy atom. The Kier molecular flexibility index (Phi) is 4.71. The van der Waals surface area contributed by atoms with Crippen LogP contribution in [-0.4, -0.2) is 11.5 Å². The molecule has 1 heterocycles. The van der Waals surface area contributed by atoms with Crippen LogP contribution in [0, 0.1) is 0 Å². The zero-order valence-corrected chi connectivity index (χ0v) is 8.51. The Balaban J connectivity index is 2.04. The van der Waals surface area contributed by atoms with Gasteiger partial charge in [0.25, 0.3) is 0 Å². The number of thioether (sulfide) groups is 1. The van der Waals surface area contributed by atoms with Gasteiger partial charge < -0.3 is 0 Å². The van der Waals surface area contributed by atoms with Crippen molar-refractivity contribution in [3.8, 4) is 0 Å². The normalized spacial score (nSPS) is 10.3. The lowest BCUT2D eigenvalue weighted by atomic mass is 10.4. The molecule has 11 heavy (non-hydrogen) atoms. The summed E-state index contributed by atoms with van der Waals surface area (Å²) < 4.78 is 0. The van der Waals surface area contributed by atoms with E-state index in [0.29, 0.717) is 0 Å². The van der Waals surface area contributed by atoms with Crippen molar-refractivity contribution >= 4 is 23.1 Å². The van der Waals surface area contributed by atoms with E-state index >= 15 is 0 Å². The van der Waals surface area contributed by atoms with Crippen LogP contribution in [0.1, 0.15) is 18.2 Å². The van der Waals surface area contributed by atoms with Gasteiger partial charge in [0.15, 0.2) is 0 Å².